The summed E-state index contributed by atoms with van der Waals surface area (Å²) in [5.41, 5.74) is 0.139. The molecule has 0 aromatic heterocycles. The van der Waals surface area contributed by atoms with Gasteiger partial charge in [0.1, 0.15) is 5.75 Å². The van der Waals surface area contributed by atoms with E-state index in [9.17, 15) is 18.3 Å². The van der Waals surface area contributed by atoms with Gasteiger partial charge in [0.2, 0.25) is 0 Å². The molecule has 1 atom stereocenters. The molecule has 1 fully saturated rings. The molecule has 1 amide bonds. The van der Waals surface area contributed by atoms with Gasteiger partial charge in [0.25, 0.3) is 5.91 Å². The molecule has 1 aliphatic rings. The zero-order chi connectivity index (χ0) is 14.9. The van der Waals surface area contributed by atoms with E-state index in [1.165, 1.54) is 23.1 Å². The summed E-state index contributed by atoms with van der Waals surface area (Å²) in [6, 6.07) is 4.09. The minimum absolute atomic E-state index is 0.0442. The fourth-order valence-electron chi connectivity index (χ4n) is 2.21. The molecule has 1 aromatic carbocycles. The first-order valence-electron chi connectivity index (χ1n) is 6.30. The second-order valence-electron chi connectivity index (χ2n) is 4.95. The second kappa shape index (κ2) is 5.61. The van der Waals surface area contributed by atoms with Crippen molar-refractivity contribution >= 4 is 27.3 Å². The van der Waals surface area contributed by atoms with Crippen LogP contribution in [0.25, 0.3) is 0 Å². The van der Waals surface area contributed by atoms with Gasteiger partial charge >= 0.3 is 0 Å². The van der Waals surface area contributed by atoms with Crippen LogP contribution < -0.4 is 0 Å². The van der Waals surface area contributed by atoms with Crippen LogP contribution >= 0.6 is 11.6 Å². The maximum absolute atomic E-state index is 12.4. The number of carbonyl (C=O) groups is 1. The summed E-state index contributed by atoms with van der Waals surface area (Å²) < 4.78 is 23.3. The van der Waals surface area contributed by atoms with Crippen LogP contribution in [-0.4, -0.2) is 48.4 Å². The Balaban J connectivity index is 2.27. The highest BCUT2D eigenvalue weighted by Crippen LogP contribution is 2.25. The van der Waals surface area contributed by atoms with Gasteiger partial charge in [0, 0.05) is 17.6 Å². The smallest absolute Gasteiger partial charge is 0.257 e. The Bertz CT molecular complexity index is 629. The maximum atomic E-state index is 12.4. The Morgan fingerprint density at radius 1 is 1.40 bits per heavy atom. The van der Waals surface area contributed by atoms with Gasteiger partial charge in [0.05, 0.1) is 17.1 Å². The minimum Gasteiger partial charge on any atom is -0.507 e. The van der Waals surface area contributed by atoms with Crippen molar-refractivity contribution in [2.24, 2.45) is 0 Å². The first-order valence-corrected chi connectivity index (χ1v) is 8.50. The molecule has 1 aliphatic heterocycles. The van der Waals surface area contributed by atoms with E-state index in [1.807, 2.05) is 6.92 Å². The third kappa shape index (κ3) is 3.24. The summed E-state index contributed by atoms with van der Waals surface area (Å²) in [4.78, 5) is 13.9. The molecule has 110 valence electrons. The molecular weight excluding hydrogens is 302 g/mol. The number of nitrogens with zero attached hydrogens (tertiary/aromatic N) is 1. The van der Waals surface area contributed by atoms with Gasteiger partial charge in [-0.05, 0) is 31.5 Å². The van der Waals surface area contributed by atoms with Crippen LogP contribution in [0.5, 0.6) is 5.75 Å². The lowest BCUT2D eigenvalue weighted by Crippen LogP contribution is -2.39. The fourth-order valence-corrected chi connectivity index (χ4v) is 3.75. The molecule has 0 radical (unpaired) electrons. The Labute approximate surface area is 123 Å². The summed E-state index contributed by atoms with van der Waals surface area (Å²) in [5.74, 6) is -0.521. The number of phenols is 1. The van der Waals surface area contributed by atoms with E-state index in [4.69, 9.17) is 11.6 Å². The zero-order valence-corrected chi connectivity index (χ0v) is 12.6. The number of sulfone groups is 1. The SMILES string of the molecule is CC1CCS(=O)(=O)CCN1C(=O)c1ccc(Cl)cc1O. The predicted octanol–water partition coefficient (Wildman–Crippen LogP) is 1.69. The second-order valence-corrected chi connectivity index (χ2v) is 7.69. The van der Waals surface area contributed by atoms with Crippen molar-refractivity contribution in [2.75, 3.05) is 18.1 Å². The highest BCUT2D eigenvalue weighted by molar-refractivity contribution is 7.91. The zero-order valence-electron chi connectivity index (χ0n) is 11.0. The topological polar surface area (TPSA) is 74.7 Å². The quantitative estimate of drug-likeness (QED) is 0.855. The van der Waals surface area contributed by atoms with Crippen LogP contribution in [0.15, 0.2) is 18.2 Å². The molecule has 1 N–H and O–H groups in total. The van der Waals surface area contributed by atoms with E-state index in [1.54, 1.807) is 0 Å². The molecule has 1 saturated heterocycles. The van der Waals surface area contributed by atoms with Crippen molar-refractivity contribution in [3.63, 3.8) is 0 Å². The number of amides is 1. The molecule has 7 heteroatoms. The first kappa shape index (κ1) is 15.1. The van der Waals surface area contributed by atoms with Gasteiger partial charge in [-0.3, -0.25) is 4.79 Å². The highest BCUT2D eigenvalue weighted by Gasteiger charge is 2.29. The molecule has 0 bridgehead atoms. The number of halogens is 1. The molecule has 1 aromatic rings. The van der Waals surface area contributed by atoms with Crippen LogP contribution in [0.2, 0.25) is 5.02 Å². The van der Waals surface area contributed by atoms with Crippen LogP contribution in [0.4, 0.5) is 0 Å². The third-order valence-electron chi connectivity index (χ3n) is 3.47. The number of aromatic hydroxyl groups is 1. The number of rotatable bonds is 1. The van der Waals surface area contributed by atoms with Gasteiger partial charge in [-0.1, -0.05) is 11.6 Å². The standard InChI is InChI=1S/C13H16ClNO4S/c1-9-4-6-20(18,19)7-5-15(9)13(17)11-3-2-10(14)8-12(11)16/h2-3,8-9,16H,4-7H2,1H3. The van der Waals surface area contributed by atoms with Gasteiger partial charge in [0.15, 0.2) is 9.84 Å². The molecular formula is C13H16ClNO4S. The largest absolute Gasteiger partial charge is 0.507 e. The number of phenolic OH excluding ortho intramolecular Hbond substituents is 1. The van der Waals surface area contributed by atoms with Crippen LogP contribution in [0, 0.1) is 0 Å². The fraction of sp³-hybridized carbons (Fsp3) is 0.462. The lowest BCUT2D eigenvalue weighted by Gasteiger charge is -2.26. The van der Waals surface area contributed by atoms with Gasteiger partial charge < -0.3 is 10.0 Å². The monoisotopic (exact) mass is 317 g/mol. The Hall–Kier alpha value is -1.27. The van der Waals surface area contributed by atoms with Crippen molar-refractivity contribution in [1.82, 2.24) is 4.90 Å². The van der Waals surface area contributed by atoms with Gasteiger partial charge in [-0.15, -0.1) is 0 Å². The van der Waals surface area contributed by atoms with Crippen LogP contribution in [0.3, 0.4) is 0 Å². The molecule has 0 saturated carbocycles. The van der Waals surface area contributed by atoms with Crippen molar-refractivity contribution in [1.29, 1.82) is 0 Å². The minimum atomic E-state index is -3.10. The summed E-state index contributed by atoms with van der Waals surface area (Å²) in [7, 11) is -3.10. The normalized spacial score (nSPS) is 22.3. The molecule has 20 heavy (non-hydrogen) atoms. The van der Waals surface area contributed by atoms with E-state index in [2.05, 4.69) is 0 Å². The van der Waals surface area contributed by atoms with E-state index in [0.29, 0.717) is 11.4 Å². The average molecular weight is 318 g/mol. The molecule has 1 heterocycles. The van der Waals surface area contributed by atoms with Crippen molar-refractivity contribution in [2.45, 2.75) is 19.4 Å². The summed E-state index contributed by atoms with van der Waals surface area (Å²) in [5, 5.41) is 10.1. The maximum Gasteiger partial charge on any atom is 0.257 e. The Morgan fingerprint density at radius 2 is 2.10 bits per heavy atom. The highest BCUT2D eigenvalue weighted by atomic mass is 35.5. The van der Waals surface area contributed by atoms with E-state index >= 15 is 0 Å². The van der Waals surface area contributed by atoms with Crippen molar-refractivity contribution < 1.29 is 18.3 Å². The predicted molar refractivity (Wildman–Crippen MR) is 76.9 cm³/mol. The lowest BCUT2D eigenvalue weighted by atomic mass is 10.1. The van der Waals surface area contributed by atoms with E-state index < -0.39 is 9.84 Å². The Kier molecular flexibility index (Phi) is 4.25. The molecule has 1 unspecified atom stereocenters. The van der Waals surface area contributed by atoms with Crippen LogP contribution in [-0.2, 0) is 9.84 Å². The van der Waals surface area contributed by atoms with Gasteiger partial charge in [-0.25, -0.2) is 8.42 Å². The molecule has 5 nitrogen and oxygen atoms in total. The number of hydrogen-bond donors (Lipinski definition) is 1. The average Bonchev–Trinajstić information content (AvgIpc) is 2.48. The van der Waals surface area contributed by atoms with E-state index in [-0.39, 0.29) is 41.3 Å². The molecule has 0 spiro atoms. The summed E-state index contributed by atoms with van der Waals surface area (Å²) in [6.07, 6.45) is 0.405. The number of benzene rings is 1. The van der Waals surface area contributed by atoms with Crippen LogP contribution in [0.1, 0.15) is 23.7 Å². The van der Waals surface area contributed by atoms with Crippen molar-refractivity contribution in [3.8, 4) is 5.75 Å². The summed E-state index contributed by atoms with van der Waals surface area (Å²) in [6.45, 7) is 1.95. The Morgan fingerprint density at radius 3 is 2.75 bits per heavy atom. The molecule has 2 rings (SSSR count). The first-order chi connectivity index (χ1) is 9.30. The summed E-state index contributed by atoms with van der Waals surface area (Å²) >= 11 is 5.74. The van der Waals surface area contributed by atoms with Gasteiger partial charge in [-0.2, -0.15) is 0 Å². The third-order valence-corrected chi connectivity index (χ3v) is 5.37. The number of hydrogen-bond acceptors (Lipinski definition) is 4. The number of carbonyl (C=O) groups excluding carboxylic acids is 1. The molecule has 0 aliphatic carbocycles. The lowest BCUT2D eigenvalue weighted by molar-refractivity contribution is 0.0703. The van der Waals surface area contributed by atoms with E-state index in [0.717, 1.165) is 0 Å². The van der Waals surface area contributed by atoms with Crippen molar-refractivity contribution in [3.05, 3.63) is 28.8 Å².